The summed E-state index contributed by atoms with van der Waals surface area (Å²) in [7, 11) is 0. The Balaban J connectivity index is 3.11. The largest absolute Gasteiger partial charge is 0.504 e. The molecular formula is C10H8O5. The van der Waals surface area contributed by atoms with Crippen LogP contribution in [0.2, 0.25) is 0 Å². The Labute approximate surface area is 83.8 Å². The first-order valence-corrected chi connectivity index (χ1v) is 4.18. The molecule has 0 aliphatic heterocycles. The molecule has 0 spiro atoms. The highest BCUT2D eigenvalue weighted by molar-refractivity contribution is 5.93. The number of aromatic hydroxyl groups is 3. The first-order chi connectivity index (χ1) is 7.02. The number of phenols is 3. The molecule has 1 aromatic heterocycles. The molecule has 78 valence electrons. The van der Waals surface area contributed by atoms with Crippen LogP contribution in [0.3, 0.4) is 0 Å². The maximum absolute atomic E-state index is 11.3. The van der Waals surface area contributed by atoms with Crippen LogP contribution in [0.1, 0.15) is 5.56 Å². The molecule has 0 atom stereocenters. The molecule has 0 bridgehead atoms. The Morgan fingerprint density at radius 1 is 1.20 bits per heavy atom. The summed E-state index contributed by atoms with van der Waals surface area (Å²) in [5, 5.41) is 28.3. The zero-order chi connectivity index (χ0) is 11.2. The zero-order valence-corrected chi connectivity index (χ0v) is 7.81. The van der Waals surface area contributed by atoms with Gasteiger partial charge in [-0.1, -0.05) is 0 Å². The second-order valence-electron chi connectivity index (χ2n) is 3.22. The van der Waals surface area contributed by atoms with E-state index in [9.17, 15) is 20.1 Å². The number of aryl methyl sites for hydroxylation is 1. The van der Waals surface area contributed by atoms with Crippen LogP contribution in [0.4, 0.5) is 0 Å². The van der Waals surface area contributed by atoms with Crippen molar-refractivity contribution in [2.45, 2.75) is 6.92 Å². The Morgan fingerprint density at radius 3 is 2.53 bits per heavy atom. The Hall–Kier alpha value is -2.17. The monoisotopic (exact) mass is 208 g/mol. The Kier molecular flexibility index (Phi) is 1.82. The summed E-state index contributed by atoms with van der Waals surface area (Å²) in [6, 6.07) is 1.06. The normalized spacial score (nSPS) is 10.7. The average Bonchev–Trinajstić information content (AvgIpc) is 2.20. The minimum absolute atomic E-state index is 0.0304. The maximum Gasteiger partial charge on any atom is 0.343 e. The van der Waals surface area contributed by atoms with Gasteiger partial charge in [-0.25, -0.2) is 4.79 Å². The number of fused-ring (bicyclic) bond motifs is 1. The van der Waals surface area contributed by atoms with Gasteiger partial charge in [-0.3, -0.25) is 0 Å². The van der Waals surface area contributed by atoms with E-state index in [-0.39, 0.29) is 10.8 Å². The van der Waals surface area contributed by atoms with Gasteiger partial charge < -0.3 is 19.7 Å². The fraction of sp³-hybridized carbons (Fsp3) is 0.100. The molecule has 2 rings (SSSR count). The van der Waals surface area contributed by atoms with Gasteiger partial charge in [0.05, 0.1) is 11.6 Å². The maximum atomic E-state index is 11.3. The van der Waals surface area contributed by atoms with E-state index in [0.29, 0.717) is 5.56 Å². The summed E-state index contributed by atoms with van der Waals surface area (Å²) >= 11 is 0. The van der Waals surface area contributed by atoms with E-state index >= 15 is 0 Å². The lowest BCUT2D eigenvalue weighted by Crippen LogP contribution is -1.99. The van der Waals surface area contributed by atoms with E-state index in [2.05, 4.69) is 4.42 Å². The van der Waals surface area contributed by atoms with Crippen LogP contribution in [-0.4, -0.2) is 15.3 Å². The summed E-state index contributed by atoms with van der Waals surface area (Å²) in [6.07, 6.45) is 1.18. The van der Waals surface area contributed by atoms with E-state index in [4.69, 9.17) is 0 Å². The van der Waals surface area contributed by atoms with Gasteiger partial charge >= 0.3 is 5.63 Å². The van der Waals surface area contributed by atoms with Crippen molar-refractivity contribution in [2.75, 3.05) is 0 Å². The molecule has 3 N–H and O–H groups in total. The molecule has 1 aromatic carbocycles. The topological polar surface area (TPSA) is 90.9 Å². The van der Waals surface area contributed by atoms with Crippen molar-refractivity contribution in [1.82, 2.24) is 0 Å². The quantitative estimate of drug-likeness (QED) is 0.566. The Bertz CT molecular complexity index is 597. The molecule has 1 heterocycles. The molecule has 0 saturated heterocycles. The van der Waals surface area contributed by atoms with Gasteiger partial charge in [-0.05, 0) is 18.6 Å². The SMILES string of the molecule is Cc1coc(=O)c2cc(O)c(O)c(O)c12. The average molecular weight is 208 g/mol. The zero-order valence-electron chi connectivity index (χ0n) is 7.81. The standard InChI is InChI=1S/C10H8O5/c1-4-3-15-10(14)5-2-6(11)8(12)9(13)7(4)5/h2-3,11-13H,1H3. The van der Waals surface area contributed by atoms with Crippen LogP contribution >= 0.6 is 0 Å². The molecule has 0 saturated carbocycles. The highest BCUT2D eigenvalue weighted by Crippen LogP contribution is 2.41. The predicted octanol–water partition coefficient (Wildman–Crippen LogP) is 1.22. The molecule has 0 amide bonds. The van der Waals surface area contributed by atoms with E-state index in [1.807, 2.05) is 0 Å². The van der Waals surface area contributed by atoms with Gasteiger partial charge in [0, 0.05) is 5.39 Å². The minimum Gasteiger partial charge on any atom is -0.504 e. The van der Waals surface area contributed by atoms with Crippen molar-refractivity contribution in [3.8, 4) is 17.2 Å². The van der Waals surface area contributed by atoms with Crippen molar-refractivity contribution >= 4 is 10.8 Å². The molecular weight excluding hydrogens is 200 g/mol. The Morgan fingerprint density at radius 2 is 1.87 bits per heavy atom. The van der Waals surface area contributed by atoms with Crippen molar-refractivity contribution in [3.05, 3.63) is 28.3 Å². The predicted molar refractivity (Wildman–Crippen MR) is 52.2 cm³/mol. The molecule has 0 radical (unpaired) electrons. The summed E-state index contributed by atoms with van der Waals surface area (Å²) < 4.78 is 4.66. The first-order valence-electron chi connectivity index (χ1n) is 4.18. The van der Waals surface area contributed by atoms with E-state index in [0.717, 1.165) is 6.07 Å². The van der Waals surface area contributed by atoms with Gasteiger partial charge in [-0.15, -0.1) is 0 Å². The summed E-state index contributed by atoms with van der Waals surface area (Å²) in [4.78, 5) is 11.3. The summed E-state index contributed by atoms with van der Waals surface area (Å²) in [6.45, 7) is 1.61. The lowest BCUT2D eigenvalue weighted by Gasteiger charge is -2.06. The number of rotatable bonds is 0. The van der Waals surface area contributed by atoms with E-state index in [1.165, 1.54) is 6.26 Å². The van der Waals surface area contributed by atoms with Gasteiger partial charge in [0.1, 0.15) is 0 Å². The minimum atomic E-state index is -0.679. The second-order valence-corrected chi connectivity index (χ2v) is 3.22. The van der Waals surface area contributed by atoms with Gasteiger partial charge in [0.2, 0.25) is 5.75 Å². The number of phenolic OH excluding ortho intramolecular Hbond substituents is 3. The first kappa shape index (κ1) is 9.39. The number of hydrogen-bond acceptors (Lipinski definition) is 5. The highest BCUT2D eigenvalue weighted by Gasteiger charge is 2.15. The fourth-order valence-electron chi connectivity index (χ4n) is 1.47. The number of hydrogen-bond donors (Lipinski definition) is 3. The smallest absolute Gasteiger partial charge is 0.343 e. The summed E-state index contributed by atoms with van der Waals surface area (Å²) in [5.41, 5.74) is -0.182. The third-order valence-corrected chi connectivity index (χ3v) is 2.21. The molecule has 5 nitrogen and oxygen atoms in total. The van der Waals surface area contributed by atoms with Crippen LogP contribution in [0.15, 0.2) is 21.5 Å². The molecule has 0 aliphatic rings. The van der Waals surface area contributed by atoms with Gasteiger partial charge in [0.25, 0.3) is 0 Å². The van der Waals surface area contributed by atoms with Crippen molar-refractivity contribution < 1.29 is 19.7 Å². The van der Waals surface area contributed by atoms with E-state index in [1.54, 1.807) is 6.92 Å². The highest BCUT2D eigenvalue weighted by atomic mass is 16.4. The molecule has 0 unspecified atom stereocenters. The summed E-state index contributed by atoms with van der Waals surface area (Å²) in [5.74, 6) is -1.72. The van der Waals surface area contributed by atoms with Crippen LogP contribution in [0, 0.1) is 6.92 Å². The van der Waals surface area contributed by atoms with Gasteiger partial charge in [0.15, 0.2) is 11.5 Å². The van der Waals surface area contributed by atoms with Crippen LogP contribution in [-0.2, 0) is 0 Å². The third-order valence-electron chi connectivity index (χ3n) is 2.21. The van der Waals surface area contributed by atoms with E-state index < -0.39 is 22.9 Å². The lowest BCUT2D eigenvalue weighted by molar-refractivity contribution is 0.370. The van der Waals surface area contributed by atoms with Crippen LogP contribution < -0.4 is 5.63 Å². The fourth-order valence-corrected chi connectivity index (χ4v) is 1.47. The molecule has 2 aromatic rings. The molecule has 15 heavy (non-hydrogen) atoms. The van der Waals surface area contributed by atoms with Crippen LogP contribution in [0.5, 0.6) is 17.2 Å². The van der Waals surface area contributed by atoms with Crippen molar-refractivity contribution in [3.63, 3.8) is 0 Å². The van der Waals surface area contributed by atoms with Crippen molar-refractivity contribution in [1.29, 1.82) is 0 Å². The lowest BCUT2D eigenvalue weighted by atomic mass is 10.1. The van der Waals surface area contributed by atoms with Gasteiger partial charge in [-0.2, -0.15) is 0 Å². The number of benzene rings is 1. The van der Waals surface area contributed by atoms with Crippen LogP contribution in [0.25, 0.3) is 10.8 Å². The molecule has 0 fully saturated rings. The molecule has 5 heteroatoms. The van der Waals surface area contributed by atoms with Crippen molar-refractivity contribution in [2.24, 2.45) is 0 Å². The second kappa shape index (κ2) is 2.91. The molecule has 0 aliphatic carbocycles. The third kappa shape index (κ3) is 1.20.